The van der Waals surface area contributed by atoms with Crippen LogP contribution in [0.25, 0.3) is 11.1 Å². The van der Waals surface area contributed by atoms with Gasteiger partial charge in [0.25, 0.3) is 0 Å². The van der Waals surface area contributed by atoms with E-state index in [0.717, 1.165) is 18.8 Å². The Morgan fingerprint density at radius 2 is 1.38 bits per heavy atom. The summed E-state index contributed by atoms with van der Waals surface area (Å²) in [6.45, 7) is 9.72. The van der Waals surface area contributed by atoms with Gasteiger partial charge < -0.3 is 4.74 Å². The van der Waals surface area contributed by atoms with E-state index >= 15 is 0 Å². The van der Waals surface area contributed by atoms with Crippen LogP contribution < -0.4 is 4.74 Å². The third-order valence-electron chi connectivity index (χ3n) is 5.33. The van der Waals surface area contributed by atoms with Crippen LogP contribution in [0, 0.1) is 13.8 Å². The zero-order valence-electron chi connectivity index (χ0n) is 17.2. The van der Waals surface area contributed by atoms with Crippen LogP contribution in [0.3, 0.4) is 0 Å². The highest BCUT2D eigenvalue weighted by molar-refractivity contribution is 5.70. The lowest BCUT2D eigenvalue weighted by atomic mass is 9.95. The fourth-order valence-electron chi connectivity index (χ4n) is 3.41. The van der Waals surface area contributed by atoms with Gasteiger partial charge in [0.1, 0.15) is 5.75 Å². The molecule has 0 aliphatic carbocycles. The number of hydrogen-bond donors (Lipinski definition) is 0. The summed E-state index contributed by atoms with van der Waals surface area (Å²) in [5.74, 6) is 1.04. The quantitative estimate of drug-likeness (QED) is 0.377. The summed E-state index contributed by atoms with van der Waals surface area (Å²) in [5, 5.41) is 0. The lowest BCUT2D eigenvalue weighted by Gasteiger charge is -2.15. The summed E-state index contributed by atoms with van der Waals surface area (Å²) < 4.78 is 6.03. The van der Waals surface area contributed by atoms with E-state index in [0.29, 0.717) is 0 Å². The van der Waals surface area contributed by atoms with E-state index in [9.17, 15) is 0 Å². The second-order valence-corrected chi connectivity index (χ2v) is 7.42. The molecule has 0 bridgehead atoms. The molecule has 0 saturated heterocycles. The van der Waals surface area contributed by atoms with Crippen LogP contribution in [0.2, 0.25) is 0 Å². The van der Waals surface area contributed by atoms with Gasteiger partial charge in [-0.05, 0) is 67.0 Å². The van der Waals surface area contributed by atoms with Crippen LogP contribution in [0.15, 0.2) is 36.4 Å². The van der Waals surface area contributed by atoms with Crippen molar-refractivity contribution >= 4 is 0 Å². The molecule has 0 fully saturated rings. The molecular formula is C25H36O. The Morgan fingerprint density at radius 1 is 0.692 bits per heavy atom. The average molecular weight is 353 g/mol. The monoisotopic (exact) mass is 352 g/mol. The topological polar surface area (TPSA) is 9.23 Å². The smallest absolute Gasteiger partial charge is 0.122 e. The lowest BCUT2D eigenvalue weighted by molar-refractivity contribution is 0.303. The summed E-state index contributed by atoms with van der Waals surface area (Å²) in [6.07, 6.45) is 10.1. The highest BCUT2D eigenvalue weighted by atomic mass is 16.5. The van der Waals surface area contributed by atoms with Crippen LogP contribution in [-0.2, 0) is 6.42 Å². The van der Waals surface area contributed by atoms with E-state index < -0.39 is 0 Å². The Kier molecular flexibility index (Phi) is 8.74. The fourth-order valence-corrected chi connectivity index (χ4v) is 3.41. The number of unbranched alkanes of at least 4 members (excludes halogenated alkanes) is 5. The first-order valence-corrected chi connectivity index (χ1v) is 10.5. The van der Waals surface area contributed by atoms with Gasteiger partial charge in [0.05, 0.1) is 6.61 Å². The third kappa shape index (κ3) is 5.90. The van der Waals surface area contributed by atoms with Crippen LogP contribution in [0.1, 0.15) is 75.5 Å². The first-order valence-electron chi connectivity index (χ1n) is 10.5. The van der Waals surface area contributed by atoms with Crippen molar-refractivity contribution in [2.75, 3.05) is 6.61 Å². The Bertz CT molecular complexity index is 655. The van der Waals surface area contributed by atoms with E-state index in [-0.39, 0.29) is 0 Å². The van der Waals surface area contributed by atoms with Crippen molar-refractivity contribution in [3.8, 4) is 16.9 Å². The number of hydrogen-bond acceptors (Lipinski definition) is 1. The van der Waals surface area contributed by atoms with E-state index in [1.165, 1.54) is 72.8 Å². The minimum absolute atomic E-state index is 0.825. The summed E-state index contributed by atoms with van der Waals surface area (Å²) in [5.41, 5.74) is 6.67. The Hall–Kier alpha value is -1.76. The maximum atomic E-state index is 6.03. The second kappa shape index (κ2) is 11.1. The molecular weight excluding hydrogens is 316 g/mol. The van der Waals surface area contributed by atoms with E-state index in [2.05, 4.69) is 64.1 Å². The van der Waals surface area contributed by atoms with Gasteiger partial charge in [0.15, 0.2) is 0 Å². The van der Waals surface area contributed by atoms with Crippen molar-refractivity contribution in [3.05, 3.63) is 53.1 Å². The molecule has 1 heteroatoms. The third-order valence-corrected chi connectivity index (χ3v) is 5.33. The van der Waals surface area contributed by atoms with Crippen molar-refractivity contribution in [2.24, 2.45) is 0 Å². The first-order chi connectivity index (χ1) is 12.7. The van der Waals surface area contributed by atoms with Crippen molar-refractivity contribution in [2.45, 2.75) is 79.1 Å². The van der Waals surface area contributed by atoms with Gasteiger partial charge in [-0.3, -0.25) is 0 Å². The van der Waals surface area contributed by atoms with Crippen molar-refractivity contribution in [1.82, 2.24) is 0 Å². The number of rotatable bonds is 11. The maximum absolute atomic E-state index is 6.03. The molecule has 0 heterocycles. The second-order valence-electron chi connectivity index (χ2n) is 7.42. The molecule has 142 valence electrons. The van der Waals surface area contributed by atoms with E-state index in [1.54, 1.807) is 0 Å². The zero-order valence-corrected chi connectivity index (χ0v) is 17.2. The van der Waals surface area contributed by atoms with Gasteiger partial charge in [-0.2, -0.15) is 0 Å². The summed E-state index contributed by atoms with van der Waals surface area (Å²) in [6, 6.07) is 13.5. The molecule has 0 spiro atoms. The molecule has 0 saturated carbocycles. The molecule has 0 N–H and O–H groups in total. The average Bonchev–Trinajstić information content (AvgIpc) is 2.66. The van der Waals surface area contributed by atoms with E-state index in [1.807, 2.05) is 0 Å². The fraction of sp³-hybridized carbons (Fsp3) is 0.520. The molecule has 2 rings (SSSR count). The number of ether oxygens (including phenoxy) is 1. The molecule has 0 aliphatic rings. The molecule has 26 heavy (non-hydrogen) atoms. The zero-order chi connectivity index (χ0) is 18.8. The lowest BCUT2D eigenvalue weighted by Crippen LogP contribution is -2.00. The van der Waals surface area contributed by atoms with Gasteiger partial charge in [-0.1, -0.05) is 76.3 Å². The summed E-state index contributed by atoms with van der Waals surface area (Å²) >= 11 is 0. The van der Waals surface area contributed by atoms with Crippen LogP contribution in [0.5, 0.6) is 5.75 Å². The largest absolute Gasteiger partial charge is 0.493 e. The molecule has 0 radical (unpaired) electrons. The van der Waals surface area contributed by atoms with Crippen LogP contribution in [-0.4, -0.2) is 6.61 Å². The Morgan fingerprint density at radius 3 is 2.08 bits per heavy atom. The highest BCUT2D eigenvalue weighted by Crippen LogP contribution is 2.31. The maximum Gasteiger partial charge on any atom is 0.122 e. The SMILES string of the molecule is CCCCCCOc1ccc(-c2ccc(CCCCC)cc2)c(C)c1C. The molecule has 2 aromatic carbocycles. The summed E-state index contributed by atoms with van der Waals surface area (Å²) in [7, 11) is 0. The normalized spacial score (nSPS) is 10.9. The molecule has 2 aromatic rings. The molecule has 1 nitrogen and oxygen atoms in total. The predicted octanol–water partition coefficient (Wildman–Crippen LogP) is 7.66. The van der Waals surface area contributed by atoms with Gasteiger partial charge in [0, 0.05) is 0 Å². The van der Waals surface area contributed by atoms with Crippen molar-refractivity contribution < 1.29 is 4.74 Å². The van der Waals surface area contributed by atoms with Gasteiger partial charge in [-0.25, -0.2) is 0 Å². The standard InChI is InChI=1S/C25H36O/c1-5-7-9-11-19-26-25-18-17-24(20(3)21(25)4)23-15-13-22(14-16-23)12-10-8-6-2/h13-18H,5-12,19H2,1-4H3. The first kappa shape index (κ1) is 20.6. The minimum atomic E-state index is 0.825. The van der Waals surface area contributed by atoms with Crippen molar-refractivity contribution in [1.29, 1.82) is 0 Å². The molecule has 0 atom stereocenters. The minimum Gasteiger partial charge on any atom is -0.493 e. The van der Waals surface area contributed by atoms with Crippen molar-refractivity contribution in [3.63, 3.8) is 0 Å². The molecule has 0 aromatic heterocycles. The summed E-state index contributed by atoms with van der Waals surface area (Å²) in [4.78, 5) is 0. The number of benzene rings is 2. The Labute approximate surface area is 160 Å². The van der Waals surface area contributed by atoms with Crippen LogP contribution in [0.4, 0.5) is 0 Å². The van der Waals surface area contributed by atoms with Gasteiger partial charge >= 0.3 is 0 Å². The Balaban J connectivity index is 2.02. The highest BCUT2D eigenvalue weighted by Gasteiger charge is 2.09. The van der Waals surface area contributed by atoms with E-state index in [4.69, 9.17) is 4.74 Å². The number of aryl methyl sites for hydroxylation is 1. The predicted molar refractivity (Wildman–Crippen MR) is 114 cm³/mol. The molecule has 0 unspecified atom stereocenters. The molecule has 0 amide bonds. The van der Waals surface area contributed by atoms with Crippen LogP contribution >= 0.6 is 0 Å². The van der Waals surface area contributed by atoms with Gasteiger partial charge in [0.2, 0.25) is 0 Å². The molecule has 0 aliphatic heterocycles. The van der Waals surface area contributed by atoms with Gasteiger partial charge in [-0.15, -0.1) is 0 Å².